The summed E-state index contributed by atoms with van der Waals surface area (Å²) in [5.74, 6) is 4.55. The lowest BCUT2D eigenvalue weighted by Gasteiger charge is -2.20. The average molecular weight is 232 g/mol. The van der Waals surface area contributed by atoms with Crippen LogP contribution in [0.25, 0.3) is 0 Å². The van der Waals surface area contributed by atoms with Gasteiger partial charge >= 0.3 is 6.03 Å². The average Bonchev–Trinajstić information content (AvgIpc) is 2.25. The molecule has 0 aliphatic carbocycles. The van der Waals surface area contributed by atoms with Gasteiger partial charge in [-0.3, -0.25) is 10.2 Å². The highest BCUT2D eigenvalue weighted by Gasteiger charge is 2.22. The Morgan fingerprint density at radius 2 is 2.00 bits per heavy atom. The molecule has 7 nitrogen and oxygen atoms in total. The fourth-order valence-corrected chi connectivity index (χ4v) is 1.08. The number of amides is 3. The number of ether oxygens (including phenoxy) is 1. The van der Waals surface area contributed by atoms with Gasteiger partial charge in [0.25, 0.3) is 5.91 Å². The number of hydrogen-bond acceptors (Lipinski definition) is 4. The summed E-state index contributed by atoms with van der Waals surface area (Å²) < 4.78 is 4.77. The fraction of sp³-hybridized carbons (Fsp3) is 0.778. The van der Waals surface area contributed by atoms with Gasteiger partial charge in [0.05, 0.1) is 6.61 Å². The Bertz CT molecular complexity index is 233. The minimum atomic E-state index is -0.646. The van der Waals surface area contributed by atoms with Gasteiger partial charge in [0.2, 0.25) is 0 Å². The minimum Gasteiger partial charge on any atom is -0.383 e. The zero-order valence-corrected chi connectivity index (χ0v) is 9.87. The molecule has 0 aliphatic heterocycles. The molecule has 0 radical (unpaired) electrons. The van der Waals surface area contributed by atoms with E-state index in [0.717, 1.165) is 0 Å². The number of urea groups is 1. The number of carbonyl (C=O) groups excluding carboxylic acids is 2. The van der Waals surface area contributed by atoms with Gasteiger partial charge in [-0.05, 0) is 5.92 Å². The summed E-state index contributed by atoms with van der Waals surface area (Å²) in [6.07, 6.45) is 0. The van der Waals surface area contributed by atoms with Crippen molar-refractivity contribution in [1.82, 2.24) is 16.1 Å². The first kappa shape index (κ1) is 14.7. The minimum absolute atomic E-state index is 0.0447. The van der Waals surface area contributed by atoms with Crippen LogP contribution in [-0.4, -0.2) is 38.2 Å². The molecule has 0 fully saturated rings. The molecule has 0 heterocycles. The van der Waals surface area contributed by atoms with Crippen molar-refractivity contribution in [3.05, 3.63) is 0 Å². The third-order valence-corrected chi connectivity index (χ3v) is 1.97. The molecule has 0 aromatic carbocycles. The summed E-state index contributed by atoms with van der Waals surface area (Å²) in [5.41, 5.74) is 2.01. The number of nitrogens with one attached hydrogen (secondary N) is 3. The van der Waals surface area contributed by atoms with Crippen LogP contribution in [0.2, 0.25) is 0 Å². The van der Waals surface area contributed by atoms with Gasteiger partial charge in [0, 0.05) is 13.7 Å². The normalized spacial score (nSPS) is 12.1. The van der Waals surface area contributed by atoms with E-state index in [4.69, 9.17) is 10.6 Å². The van der Waals surface area contributed by atoms with Crippen LogP contribution in [0.3, 0.4) is 0 Å². The molecule has 0 saturated heterocycles. The SMILES string of the molecule is COCCNC(=O)N[C@H](C(=O)NN)C(C)C. The molecule has 0 bridgehead atoms. The maximum atomic E-state index is 11.4. The van der Waals surface area contributed by atoms with E-state index >= 15 is 0 Å². The van der Waals surface area contributed by atoms with Gasteiger partial charge in [-0.2, -0.15) is 0 Å². The lowest BCUT2D eigenvalue weighted by atomic mass is 10.0. The Labute approximate surface area is 95.1 Å². The van der Waals surface area contributed by atoms with Crippen LogP contribution in [-0.2, 0) is 9.53 Å². The molecule has 0 saturated carbocycles. The van der Waals surface area contributed by atoms with E-state index in [2.05, 4.69) is 10.6 Å². The third-order valence-electron chi connectivity index (χ3n) is 1.97. The maximum absolute atomic E-state index is 11.4. The molecule has 16 heavy (non-hydrogen) atoms. The van der Waals surface area contributed by atoms with E-state index in [1.54, 1.807) is 7.11 Å². The predicted octanol–water partition coefficient (Wildman–Crippen LogP) is -1.05. The number of hydrogen-bond donors (Lipinski definition) is 4. The summed E-state index contributed by atoms with van der Waals surface area (Å²) in [4.78, 5) is 22.7. The standard InChI is InChI=1S/C9H20N4O3/c1-6(2)7(8(14)13-10)12-9(15)11-4-5-16-3/h6-7H,4-5,10H2,1-3H3,(H,13,14)(H2,11,12,15)/t7-/m0/s1. The third kappa shape index (κ3) is 5.52. The monoisotopic (exact) mass is 232 g/mol. The van der Waals surface area contributed by atoms with Crippen LogP contribution in [0.1, 0.15) is 13.8 Å². The van der Waals surface area contributed by atoms with E-state index in [1.807, 2.05) is 19.3 Å². The van der Waals surface area contributed by atoms with Crippen molar-refractivity contribution in [1.29, 1.82) is 0 Å². The van der Waals surface area contributed by atoms with Gasteiger partial charge < -0.3 is 15.4 Å². The molecule has 0 aliphatic rings. The second kappa shape index (κ2) is 7.89. The van der Waals surface area contributed by atoms with Gasteiger partial charge in [-0.1, -0.05) is 13.8 Å². The number of methoxy groups -OCH3 is 1. The summed E-state index contributed by atoms with van der Waals surface area (Å²) in [7, 11) is 1.54. The van der Waals surface area contributed by atoms with Gasteiger partial charge in [-0.15, -0.1) is 0 Å². The summed E-state index contributed by atoms with van der Waals surface area (Å²) in [6, 6.07) is -1.06. The van der Waals surface area contributed by atoms with Crippen molar-refractivity contribution in [2.75, 3.05) is 20.3 Å². The first-order valence-electron chi connectivity index (χ1n) is 5.06. The Morgan fingerprint density at radius 3 is 2.44 bits per heavy atom. The van der Waals surface area contributed by atoms with Crippen LogP contribution in [0.15, 0.2) is 0 Å². The molecule has 0 aromatic rings. The Kier molecular flexibility index (Phi) is 7.23. The lowest BCUT2D eigenvalue weighted by molar-refractivity contribution is -0.123. The summed E-state index contributed by atoms with van der Waals surface area (Å²) in [5, 5.41) is 5.08. The van der Waals surface area contributed by atoms with Gasteiger partial charge in [-0.25, -0.2) is 10.6 Å². The zero-order valence-electron chi connectivity index (χ0n) is 9.87. The van der Waals surface area contributed by atoms with Crippen molar-refractivity contribution in [2.45, 2.75) is 19.9 Å². The Hall–Kier alpha value is -1.34. The highest BCUT2D eigenvalue weighted by Crippen LogP contribution is 2.00. The van der Waals surface area contributed by atoms with E-state index in [9.17, 15) is 9.59 Å². The van der Waals surface area contributed by atoms with E-state index < -0.39 is 18.0 Å². The van der Waals surface area contributed by atoms with E-state index in [-0.39, 0.29) is 5.92 Å². The topological polar surface area (TPSA) is 105 Å². The van der Waals surface area contributed by atoms with Crippen molar-refractivity contribution < 1.29 is 14.3 Å². The van der Waals surface area contributed by atoms with Crippen molar-refractivity contribution >= 4 is 11.9 Å². The summed E-state index contributed by atoms with van der Waals surface area (Å²) in [6.45, 7) is 4.44. The molecule has 0 unspecified atom stereocenters. The molecule has 3 amide bonds. The van der Waals surface area contributed by atoms with E-state index in [1.165, 1.54) is 0 Å². The molecule has 5 N–H and O–H groups in total. The van der Waals surface area contributed by atoms with E-state index in [0.29, 0.717) is 13.2 Å². The first-order chi connectivity index (χ1) is 7.52. The Balaban J connectivity index is 4.09. The van der Waals surface area contributed by atoms with Crippen LogP contribution >= 0.6 is 0 Å². The number of hydrazine groups is 1. The number of nitrogens with two attached hydrogens (primary N) is 1. The fourth-order valence-electron chi connectivity index (χ4n) is 1.08. The molecule has 0 rings (SSSR count). The molecular weight excluding hydrogens is 212 g/mol. The zero-order chi connectivity index (χ0) is 12.6. The molecular formula is C9H20N4O3. The predicted molar refractivity (Wildman–Crippen MR) is 59.4 cm³/mol. The van der Waals surface area contributed by atoms with Gasteiger partial charge in [0.15, 0.2) is 0 Å². The smallest absolute Gasteiger partial charge is 0.315 e. The largest absolute Gasteiger partial charge is 0.383 e. The maximum Gasteiger partial charge on any atom is 0.315 e. The highest BCUT2D eigenvalue weighted by molar-refractivity contribution is 5.86. The second-order valence-corrected chi connectivity index (χ2v) is 3.62. The lowest BCUT2D eigenvalue weighted by Crippen LogP contribution is -2.54. The molecule has 94 valence electrons. The van der Waals surface area contributed by atoms with Crippen molar-refractivity contribution in [2.24, 2.45) is 11.8 Å². The van der Waals surface area contributed by atoms with Crippen LogP contribution in [0, 0.1) is 5.92 Å². The number of rotatable bonds is 6. The molecule has 7 heteroatoms. The van der Waals surface area contributed by atoms with Crippen LogP contribution < -0.4 is 21.9 Å². The molecule has 0 aromatic heterocycles. The first-order valence-corrected chi connectivity index (χ1v) is 5.06. The summed E-state index contributed by atoms with van der Waals surface area (Å²) >= 11 is 0. The van der Waals surface area contributed by atoms with Crippen LogP contribution in [0.4, 0.5) is 4.79 Å². The number of carbonyl (C=O) groups is 2. The highest BCUT2D eigenvalue weighted by atomic mass is 16.5. The molecule has 1 atom stereocenters. The van der Waals surface area contributed by atoms with Gasteiger partial charge in [0.1, 0.15) is 6.04 Å². The van der Waals surface area contributed by atoms with Crippen LogP contribution in [0.5, 0.6) is 0 Å². The van der Waals surface area contributed by atoms with Crippen molar-refractivity contribution in [3.8, 4) is 0 Å². The second-order valence-electron chi connectivity index (χ2n) is 3.62. The Morgan fingerprint density at radius 1 is 1.38 bits per heavy atom. The van der Waals surface area contributed by atoms with Crippen molar-refractivity contribution in [3.63, 3.8) is 0 Å². The molecule has 0 spiro atoms. The quantitative estimate of drug-likeness (QED) is 0.203.